The first kappa shape index (κ1) is 21.1. The van der Waals surface area contributed by atoms with E-state index in [1.807, 2.05) is 0 Å². The zero-order valence-corrected chi connectivity index (χ0v) is 19.8. The number of fused-ring (bicyclic) bond motifs is 3. The number of nitrogens with one attached hydrogen (secondary N) is 1. The second kappa shape index (κ2) is 6.38. The smallest absolute Gasteiger partial charge is 0.399 e. The van der Waals surface area contributed by atoms with Gasteiger partial charge in [0.15, 0.2) is 0 Å². The van der Waals surface area contributed by atoms with Crippen LogP contribution in [0.5, 0.6) is 0 Å². The third-order valence-electron chi connectivity index (χ3n) is 7.70. The Balaban J connectivity index is 1.49. The van der Waals surface area contributed by atoms with E-state index >= 15 is 0 Å². The Morgan fingerprint density at radius 3 is 1.19 bits per heavy atom. The lowest BCUT2D eigenvalue weighted by Crippen LogP contribution is -2.41. The van der Waals surface area contributed by atoms with E-state index in [0.717, 1.165) is 22.0 Å². The Kier molecular flexibility index (Phi) is 4.34. The molecule has 5 nitrogen and oxygen atoms in total. The van der Waals surface area contributed by atoms with Crippen LogP contribution in [0.25, 0.3) is 21.8 Å². The summed E-state index contributed by atoms with van der Waals surface area (Å²) in [6.45, 7) is 16.6. The highest BCUT2D eigenvalue weighted by atomic mass is 16.7. The average molecular weight is 419 g/mol. The normalized spacial score (nSPS) is 23.9. The van der Waals surface area contributed by atoms with Gasteiger partial charge in [0.1, 0.15) is 0 Å². The van der Waals surface area contributed by atoms with Crippen LogP contribution in [-0.2, 0) is 18.6 Å². The summed E-state index contributed by atoms with van der Waals surface area (Å²) < 4.78 is 24.9. The molecule has 0 radical (unpaired) electrons. The van der Waals surface area contributed by atoms with E-state index in [2.05, 4.69) is 96.8 Å². The summed E-state index contributed by atoms with van der Waals surface area (Å²) in [5, 5.41) is 2.35. The predicted molar refractivity (Wildman–Crippen MR) is 127 cm³/mol. The molecule has 2 aliphatic heterocycles. The van der Waals surface area contributed by atoms with Crippen molar-refractivity contribution in [2.24, 2.45) is 0 Å². The molecule has 3 aromatic rings. The van der Waals surface area contributed by atoms with Crippen LogP contribution in [-0.4, -0.2) is 41.6 Å². The summed E-state index contributed by atoms with van der Waals surface area (Å²) >= 11 is 0. The van der Waals surface area contributed by atoms with Gasteiger partial charge in [0.25, 0.3) is 0 Å². The van der Waals surface area contributed by atoms with Gasteiger partial charge >= 0.3 is 14.2 Å². The molecule has 5 rings (SSSR count). The van der Waals surface area contributed by atoms with Gasteiger partial charge in [-0.25, -0.2) is 0 Å². The number of hydrogen-bond acceptors (Lipinski definition) is 4. The standard InChI is InChI=1S/C24H31B2NO4/c1-21(2)22(3,4)29-25(28-21)15-9-11-17-18-12-10-16(14-20(18)27-19(17)13-15)26-30-23(5,6)24(7,8)31-26/h9-14,27H,1-8H3. The lowest BCUT2D eigenvalue weighted by molar-refractivity contribution is 0.00578. The molecule has 0 bridgehead atoms. The second-order valence-electron chi connectivity index (χ2n) is 10.9. The summed E-state index contributed by atoms with van der Waals surface area (Å²) in [4.78, 5) is 3.57. The van der Waals surface area contributed by atoms with E-state index in [0.29, 0.717) is 0 Å². The zero-order chi connectivity index (χ0) is 22.4. The maximum absolute atomic E-state index is 6.23. The van der Waals surface area contributed by atoms with Crippen LogP contribution in [0.4, 0.5) is 0 Å². The molecule has 2 fully saturated rings. The maximum atomic E-state index is 6.23. The van der Waals surface area contributed by atoms with Gasteiger partial charge in [-0.15, -0.1) is 0 Å². The van der Waals surface area contributed by atoms with E-state index in [1.165, 1.54) is 10.8 Å². The second-order valence-corrected chi connectivity index (χ2v) is 10.9. The largest absolute Gasteiger partial charge is 0.494 e. The molecule has 162 valence electrons. The van der Waals surface area contributed by atoms with Crippen molar-refractivity contribution in [1.82, 2.24) is 4.98 Å². The van der Waals surface area contributed by atoms with E-state index in [4.69, 9.17) is 18.6 Å². The van der Waals surface area contributed by atoms with Crippen molar-refractivity contribution in [1.29, 1.82) is 0 Å². The van der Waals surface area contributed by atoms with Gasteiger partial charge in [-0.05, 0) is 78.4 Å². The molecular weight excluding hydrogens is 388 g/mol. The van der Waals surface area contributed by atoms with Gasteiger partial charge in [0.05, 0.1) is 22.4 Å². The molecule has 1 aromatic heterocycles. The van der Waals surface area contributed by atoms with Crippen molar-refractivity contribution < 1.29 is 18.6 Å². The summed E-state index contributed by atoms with van der Waals surface area (Å²) in [5.74, 6) is 0. The fourth-order valence-electron chi connectivity index (χ4n) is 4.20. The predicted octanol–water partition coefficient (Wildman–Crippen LogP) is 3.92. The van der Waals surface area contributed by atoms with Crippen LogP contribution in [0, 0.1) is 0 Å². The molecule has 0 atom stereocenters. The number of H-pyrrole nitrogens is 1. The van der Waals surface area contributed by atoms with Crippen molar-refractivity contribution >= 4 is 47.0 Å². The summed E-state index contributed by atoms with van der Waals surface area (Å²) in [5.41, 5.74) is 2.74. The first-order chi connectivity index (χ1) is 14.3. The molecule has 1 N–H and O–H groups in total. The number of rotatable bonds is 2. The van der Waals surface area contributed by atoms with Crippen molar-refractivity contribution in [3.05, 3.63) is 36.4 Å². The van der Waals surface area contributed by atoms with Gasteiger partial charge in [0.2, 0.25) is 0 Å². The molecule has 2 saturated heterocycles. The molecule has 0 amide bonds. The highest BCUT2D eigenvalue weighted by Crippen LogP contribution is 2.38. The summed E-state index contributed by atoms with van der Waals surface area (Å²) in [6.07, 6.45) is 0. The first-order valence-corrected chi connectivity index (χ1v) is 11.1. The molecule has 7 heteroatoms. The maximum Gasteiger partial charge on any atom is 0.494 e. The fraction of sp³-hybridized carbons (Fsp3) is 0.500. The van der Waals surface area contributed by atoms with Gasteiger partial charge in [0, 0.05) is 21.8 Å². The Labute approximate surface area is 185 Å². The molecule has 0 spiro atoms. The van der Waals surface area contributed by atoms with Crippen molar-refractivity contribution in [3.63, 3.8) is 0 Å². The number of aromatic nitrogens is 1. The molecule has 31 heavy (non-hydrogen) atoms. The Morgan fingerprint density at radius 2 is 0.871 bits per heavy atom. The monoisotopic (exact) mass is 419 g/mol. The Hall–Kier alpha value is -1.79. The lowest BCUT2D eigenvalue weighted by Gasteiger charge is -2.32. The average Bonchev–Trinajstić information content (AvgIpc) is 3.20. The molecular formula is C24H31B2NO4. The zero-order valence-electron chi connectivity index (χ0n) is 19.8. The number of benzene rings is 2. The van der Waals surface area contributed by atoms with Gasteiger partial charge < -0.3 is 23.6 Å². The minimum atomic E-state index is -0.374. The van der Waals surface area contributed by atoms with E-state index in [-0.39, 0.29) is 36.6 Å². The fourth-order valence-corrected chi connectivity index (χ4v) is 4.20. The summed E-state index contributed by atoms with van der Waals surface area (Å²) in [6, 6.07) is 12.7. The molecule has 2 aromatic carbocycles. The molecule has 2 aliphatic rings. The van der Waals surface area contributed by atoms with Gasteiger partial charge in [-0.3, -0.25) is 0 Å². The third-order valence-corrected chi connectivity index (χ3v) is 7.70. The van der Waals surface area contributed by atoms with Crippen LogP contribution >= 0.6 is 0 Å². The Morgan fingerprint density at radius 1 is 0.548 bits per heavy atom. The van der Waals surface area contributed by atoms with Crippen molar-refractivity contribution in [3.8, 4) is 0 Å². The van der Waals surface area contributed by atoms with Crippen LogP contribution < -0.4 is 10.9 Å². The minimum absolute atomic E-state index is 0.356. The number of hydrogen-bond donors (Lipinski definition) is 1. The van der Waals surface area contributed by atoms with E-state index < -0.39 is 0 Å². The lowest BCUT2D eigenvalue weighted by atomic mass is 9.78. The highest BCUT2D eigenvalue weighted by Gasteiger charge is 2.52. The quantitative estimate of drug-likeness (QED) is 0.640. The summed E-state index contributed by atoms with van der Waals surface area (Å²) in [7, 11) is -0.748. The highest BCUT2D eigenvalue weighted by molar-refractivity contribution is 6.63. The van der Waals surface area contributed by atoms with Gasteiger partial charge in [-0.2, -0.15) is 0 Å². The van der Waals surface area contributed by atoms with Crippen molar-refractivity contribution in [2.45, 2.75) is 77.8 Å². The van der Waals surface area contributed by atoms with Crippen LogP contribution in [0.2, 0.25) is 0 Å². The molecule has 0 saturated carbocycles. The first-order valence-electron chi connectivity index (χ1n) is 11.1. The SMILES string of the molecule is CC1(C)OB(c2ccc3c(c2)[nH]c2cc(B4OC(C)(C)C(C)(C)O4)ccc23)OC1(C)C. The van der Waals surface area contributed by atoms with E-state index in [9.17, 15) is 0 Å². The Bertz CT molecular complexity index is 1060. The van der Waals surface area contributed by atoms with E-state index in [1.54, 1.807) is 0 Å². The van der Waals surface area contributed by atoms with Crippen LogP contribution in [0.15, 0.2) is 36.4 Å². The van der Waals surface area contributed by atoms with Crippen molar-refractivity contribution in [2.75, 3.05) is 0 Å². The minimum Gasteiger partial charge on any atom is -0.399 e. The molecule has 3 heterocycles. The van der Waals surface area contributed by atoms with Gasteiger partial charge in [-0.1, -0.05) is 24.3 Å². The molecule has 0 aliphatic carbocycles. The van der Waals surface area contributed by atoms with Crippen LogP contribution in [0.1, 0.15) is 55.4 Å². The number of aromatic amines is 1. The third kappa shape index (κ3) is 3.17. The van der Waals surface area contributed by atoms with Crippen LogP contribution in [0.3, 0.4) is 0 Å². The molecule has 0 unspecified atom stereocenters. The topological polar surface area (TPSA) is 52.7 Å².